The highest BCUT2D eigenvalue weighted by Crippen LogP contribution is 2.33. The van der Waals surface area contributed by atoms with E-state index in [1.165, 1.54) is 4.90 Å². The quantitative estimate of drug-likeness (QED) is 0.458. The Labute approximate surface area is 220 Å². The molecule has 0 bridgehead atoms. The first-order chi connectivity index (χ1) is 17.6. The number of rotatable bonds is 7. The number of likely N-dealkylation sites (N-methyl/N-ethyl adjacent to an activating group) is 1. The number of pyridine rings is 1. The molecule has 1 aliphatic rings. The minimum atomic E-state index is -1.01. The predicted molar refractivity (Wildman–Crippen MR) is 141 cm³/mol. The molecule has 3 aromatic rings. The van der Waals surface area contributed by atoms with Gasteiger partial charge in [-0.3, -0.25) is 24.1 Å². The monoisotopic (exact) mass is 523 g/mol. The summed E-state index contributed by atoms with van der Waals surface area (Å²) in [6, 6.07) is 8.54. The van der Waals surface area contributed by atoms with Crippen LogP contribution in [-0.2, 0) is 23.1 Å². The number of amides is 4. The third-order valence-electron chi connectivity index (χ3n) is 6.68. The number of urea groups is 1. The fourth-order valence-corrected chi connectivity index (χ4v) is 4.81. The average molecular weight is 524 g/mol. The van der Waals surface area contributed by atoms with E-state index in [1.807, 2.05) is 19.9 Å². The number of imide groups is 1. The maximum Gasteiger partial charge on any atom is 0.325 e. The minimum Gasteiger partial charge on any atom is -0.384 e. The van der Waals surface area contributed by atoms with Gasteiger partial charge in [-0.2, -0.15) is 5.10 Å². The molecule has 4 amide bonds. The Balaban J connectivity index is 1.61. The van der Waals surface area contributed by atoms with Crippen LogP contribution in [0.25, 0.3) is 0 Å². The normalized spacial score (nSPS) is 17.8. The number of β-lactam (4-membered cyclic amide) rings is 1. The summed E-state index contributed by atoms with van der Waals surface area (Å²) >= 11 is 6.20. The van der Waals surface area contributed by atoms with Gasteiger partial charge in [0.2, 0.25) is 5.91 Å². The molecule has 4 rings (SSSR count). The van der Waals surface area contributed by atoms with Crippen molar-refractivity contribution in [3.05, 3.63) is 70.5 Å². The lowest BCUT2D eigenvalue weighted by molar-refractivity contribution is -0.156. The summed E-state index contributed by atoms with van der Waals surface area (Å²) in [5.74, 6) is -0.847. The molecule has 37 heavy (non-hydrogen) atoms. The largest absolute Gasteiger partial charge is 0.384 e. The van der Waals surface area contributed by atoms with E-state index in [0.29, 0.717) is 23.1 Å². The number of nitrogens with zero attached hydrogens (tertiary/aromatic N) is 5. The van der Waals surface area contributed by atoms with Crippen molar-refractivity contribution < 1.29 is 14.4 Å². The molecule has 10 nitrogen and oxygen atoms in total. The molecule has 0 saturated carbocycles. The zero-order valence-corrected chi connectivity index (χ0v) is 21.9. The SMILES string of the molecule is CCC(NC(=O)N1C(=O)[C@H](Cc2ccnc(N)c2)[C@H]1C(=O)N(C)c1ccn(C)n1)c1cc(Cl)ccc1C. The number of aryl methyl sites for hydroxylation is 2. The Bertz CT molecular complexity index is 1340. The average Bonchev–Trinajstić information content (AvgIpc) is 3.31. The van der Waals surface area contributed by atoms with Crippen LogP contribution >= 0.6 is 11.6 Å². The number of carbonyl (C=O) groups is 3. The maximum atomic E-state index is 13.6. The molecule has 3 atom stereocenters. The minimum absolute atomic E-state index is 0.242. The van der Waals surface area contributed by atoms with Crippen molar-refractivity contribution in [3.63, 3.8) is 0 Å². The van der Waals surface area contributed by atoms with Crippen molar-refractivity contribution in [1.82, 2.24) is 25.0 Å². The van der Waals surface area contributed by atoms with Gasteiger partial charge < -0.3 is 11.1 Å². The second-order valence-electron chi connectivity index (χ2n) is 9.21. The number of halogens is 1. The van der Waals surface area contributed by atoms with Gasteiger partial charge in [0.25, 0.3) is 5.91 Å². The van der Waals surface area contributed by atoms with Gasteiger partial charge in [0.1, 0.15) is 11.9 Å². The summed E-state index contributed by atoms with van der Waals surface area (Å²) in [5.41, 5.74) is 8.38. The number of nitrogens with two attached hydrogens (primary N) is 1. The van der Waals surface area contributed by atoms with Crippen LogP contribution in [0.1, 0.15) is 36.1 Å². The molecule has 1 fully saturated rings. The first kappa shape index (κ1) is 26.2. The summed E-state index contributed by atoms with van der Waals surface area (Å²) in [7, 11) is 3.32. The van der Waals surface area contributed by atoms with E-state index in [-0.39, 0.29) is 12.5 Å². The summed E-state index contributed by atoms with van der Waals surface area (Å²) in [4.78, 5) is 46.7. The Morgan fingerprint density at radius 1 is 1.24 bits per heavy atom. The molecule has 2 aromatic heterocycles. The van der Waals surface area contributed by atoms with Crippen LogP contribution in [0.3, 0.4) is 0 Å². The number of benzene rings is 1. The zero-order chi connectivity index (χ0) is 26.9. The smallest absolute Gasteiger partial charge is 0.325 e. The molecule has 1 unspecified atom stereocenters. The van der Waals surface area contributed by atoms with E-state index in [9.17, 15) is 14.4 Å². The summed E-state index contributed by atoms with van der Waals surface area (Å²) in [6.07, 6.45) is 4.08. The van der Waals surface area contributed by atoms with Crippen LogP contribution in [0.4, 0.5) is 16.4 Å². The number of nitrogens with one attached hydrogen (secondary N) is 1. The Hall–Kier alpha value is -3.92. The standard InChI is InChI=1S/C26H30ClN7O3/c1-5-20(18-14-17(27)7-6-15(18)2)30-26(37)34-23(25(36)33(4)22-9-11-32(3)31-22)19(24(34)35)12-16-8-10-29-21(28)13-16/h6-11,13-14,19-20,23H,5,12H2,1-4H3,(H2,28,29)(H,30,37)/t19-,20?,23+/m1/s1. The third kappa shape index (κ3) is 5.29. The zero-order valence-electron chi connectivity index (χ0n) is 21.2. The molecular weight excluding hydrogens is 494 g/mol. The van der Waals surface area contributed by atoms with Gasteiger partial charge in [0.05, 0.1) is 12.0 Å². The molecule has 0 spiro atoms. The molecule has 1 aromatic carbocycles. The molecular formula is C26H30ClN7O3. The van der Waals surface area contributed by atoms with Crippen molar-refractivity contribution in [2.75, 3.05) is 17.7 Å². The molecule has 194 valence electrons. The second-order valence-corrected chi connectivity index (χ2v) is 9.65. The van der Waals surface area contributed by atoms with Gasteiger partial charge in [-0.05, 0) is 60.7 Å². The van der Waals surface area contributed by atoms with Crippen LogP contribution in [0.2, 0.25) is 5.02 Å². The molecule has 1 aliphatic heterocycles. The summed E-state index contributed by atoms with van der Waals surface area (Å²) in [5, 5.41) is 7.76. The number of anilines is 2. The number of aromatic nitrogens is 3. The highest BCUT2D eigenvalue weighted by Gasteiger charge is 2.55. The first-order valence-corrected chi connectivity index (χ1v) is 12.4. The Morgan fingerprint density at radius 2 is 2.00 bits per heavy atom. The van der Waals surface area contributed by atoms with Crippen LogP contribution in [0.15, 0.2) is 48.8 Å². The van der Waals surface area contributed by atoms with Gasteiger partial charge in [0, 0.05) is 37.6 Å². The molecule has 1 saturated heterocycles. The summed E-state index contributed by atoms with van der Waals surface area (Å²) < 4.78 is 1.58. The second kappa shape index (κ2) is 10.6. The maximum absolute atomic E-state index is 13.6. The van der Waals surface area contributed by atoms with E-state index >= 15 is 0 Å². The van der Waals surface area contributed by atoms with Crippen LogP contribution in [0.5, 0.6) is 0 Å². The number of nitrogen functional groups attached to an aromatic ring is 1. The lowest BCUT2D eigenvalue weighted by Crippen LogP contribution is -2.70. The number of carbonyl (C=O) groups excluding carboxylic acids is 3. The Kier molecular flexibility index (Phi) is 7.49. The highest BCUT2D eigenvalue weighted by atomic mass is 35.5. The van der Waals surface area contributed by atoms with Crippen LogP contribution in [0, 0.1) is 12.8 Å². The van der Waals surface area contributed by atoms with E-state index in [1.54, 1.807) is 61.5 Å². The molecule has 0 radical (unpaired) electrons. The molecule has 3 N–H and O–H groups in total. The van der Waals surface area contributed by atoms with Crippen LogP contribution in [-0.4, -0.2) is 50.6 Å². The van der Waals surface area contributed by atoms with E-state index in [4.69, 9.17) is 17.3 Å². The first-order valence-electron chi connectivity index (χ1n) is 12.0. The number of hydrogen-bond acceptors (Lipinski definition) is 6. The van der Waals surface area contributed by atoms with Gasteiger partial charge in [-0.1, -0.05) is 24.6 Å². The van der Waals surface area contributed by atoms with Crippen molar-refractivity contribution in [1.29, 1.82) is 0 Å². The Morgan fingerprint density at radius 3 is 2.65 bits per heavy atom. The topological polar surface area (TPSA) is 126 Å². The van der Waals surface area contributed by atoms with Gasteiger partial charge >= 0.3 is 6.03 Å². The lowest BCUT2D eigenvalue weighted by atomic mass is 9.81. The van der Waals surface area contributed by atoms with Crippen molar-refractivity contribution in [2.45, 2.75) is 38.8 Å². The predicted octanol–water partition coefficient (Wildman–Crippen LogP) is 3.25. The third-order valence-corrected chi connectivity index (χ3v) is 6.92. The molecule has 3 heterocycles. The fraction of sp³-hybridized carbons (Fsp3) is 0.346. The number of hydrogen-bond donors (Lipinski definition) is 2. The van der Waals surface area contributed by atoms with Crippen molar-refractivity contribution in [3.8, 4) is 0 Å². The highest BCUT2D eigenvalue weighted by molar-refractivity contribution is 6.30. The van der Waals surface area contributed by atoms with Gasteiger partial charge in [0.15, 0.2) is 5.82 Å². The molecule has 11 heteroatoms. The van der Waals surface area contributed by atoms with E-state index in [0.717, 1.165) is 21.6 Å². The fourth-order valence-electron chi connectivity index (χ4n) is 4.63. The van der Waals surface area contributed by atoms with E-state index < -0.39 is 29.8 Å². The lowest BCUT2D eigenvalue weighted by Gasteiger charge is -2.45. The van der Waals surface area contributed by atoms with E-state index in [2.05, 4.69) is 15.4 Å². The van der Waals surface area contributed by atoms with Gasteiger partial charge in [-0.25, -0.2) is 9.78 Å². The molecule has 0 aliphatic carbocycles. The summed E-state index contributed by atoms with van der Waals surface area (Å²) in [6.45, 7) is 3.86. The number of likely N-dealkylation sites (tertiary alicyclic amines) is 1. The van der Waals surface area contributed by atoms with Crippen LogP contribution < -0.4 is 16.0 Å². The van der Waals surface area contributed by atoms with Crippen molar-refractivity contribution in [2.24, 2.45) is 13.0 Å². The van der Waals surface area contributed by atoms with Crippen molar-refractivity contribution >= 4 is 41.1 Å². The van der Waals surface area contributed by atoms with Gasteiger partial charge in [-0.15, -0.1) is 0 Å².